The van der Waals surface area contributed by atoms with E-state index in [9.17, 15) is 9.18 Å². The van der Waals surface area contributed by atoms with Crippen molar-refractivity contribution in [3.63, 3.8) is 0 Å². The molecule has 0 radical (unpaired) electrons. The van der Waals surface area contributed by atoms with E-state index in [-0.39, 0.29) is 23.7 Å². The van der Waals surface area contributed by atoms with Gasteiger partial charge in [0.1, 0.15) is 29.0 Å². The molecule has 5 rings (SSSR count). The number of halogens is 1. The SMILES string of the molecule is C[C@@H]1[C@H](C)CCC[C@@H]1NC(=O)[C@@H]1CCCN(c2ncnc3onc(-c4ccc(F)cc4)c23)C1. The van der Waals surface area contributed by atoms with Gasteiger partial charge in [0.15, 0.2) is 0 Å². The predicted octanol–water partition coefficient (Wildman–Crippen LogP) is 4.58. The lowest BCUT2D eigenvalue weighted by Gasteiger charge is -2.37. The third-order valence-electron chi connectivity index (χ3n) is 7.50. The number of amides is 1. The first kappa shape index (κ1) is 21.8. The maximum absolute atomic E-state index is 13.4. The van der Waals surface area contributed by atoms with Gasteiger partial charge >= 0.3 is 0 Å². The molecule has 1 amide bonds. The van der Waals surface area contributed by atoms with Gasteiger partial charge in [-0.25, -0.2) is 9.37 Å². The molecule has 0 spiro atoms. The number of hydrogen-bond acceptors (Lipinski definition) is 6. The van der Waals surface area contributed by atoms with Crippen molar-refractivity contribution < 1.29 is 13.7 Å². The lowest BCUT2D eigenvalue weighted by molar-refractivity contribution is -0.126. The average Bonchev–Trinajstić information content (AvgIpc) is 3.27. The molecule has 174 valence electrons. The monoisotopic (exact) mass is 451 g/mol. The van der Waals surface area contributed by atoms with Gasteiger partial charge in [-0.2, -0.15) is 4.98 Å². The number of piperidine rings is 1. The summed E-state index contributed by atoms with van der Waals surface area (Å²) in [6.07, 6.45) is 6.70. The number of hydrogen-bond donors (Lipinski definition) is 1. The number of anilines is 1. The molecule has 1 saturated heterocycles. The molecular weight excluding hydrogens is 421 g/mol. The summed E-state index contributed by atoms with van der Waals surface area (Å²) in [5.74, 6) is 1.58. The molecule has 3 aromatic rings. The second-order valence-electron chi connectivity index (χ2n) is 9.58. The summed E-state index contributed by atoms with van der Waals surface area (Å²) in [6.45, 7) is 5.91. The number of fused-ring (bicyclic) bond motifs is 1. The molecule has 0 unspecified atom stereocenters. The van der Waals surface area contributed by atoms with Crippen LogP contribution in [0.2, 0.25) is 0 Å². The Morgan fingerprint density at radius 2 is 1.94 bits per heavy atom. The molecular formula is C25H30FN5O2. The Labute approximate surface area is 192 Å². The van der Waals surface area contributed by atoms with Gasteiger partial charge < -0.3 is 14.7 Å². The molecule has 1 aromatic carbocycles. The fraction of sp³-hybridized carbons (Fsp3) is 0.520. The van der Waals surface area contributed by atoms with E-state index in [2.05, 4.69) is 39.2 Å². The fourth-order valence-electron chi connectivity index (χ4n) is 5.29. The number of carbonyl (C=O) groups is 1. The van der Waals surface area contributed by atoms with E-state index in [1.54, 1.807) is 12.1 Å². The maximum Gasteiger partial charge on any atom is 0.263 e. The molecule has 4 atom stereocenters. The molecule has 2 aliphatic rings. The van der Waals surface area contributed by atoms with E-state index in [0.717, 1.165) is 31.4 Å². The van der Waals surface area contributed by atoms with E-state index in [1.165, 1.54) is 31.3 Å². The highest BCUT2D eigenvalue weighted by atomic mass is 19.1. The fourth-order valence-corrected chi connectivity index (χ4v) is 5.29. The number of benzene rings is 1. The van der Waals surface area contributed by atoms with Crippen molar-refractivity contribution in [2.45, 2.75) is 52.0 Å². The highest BCUT2D eigenvalue weighted by molar-refractivity contribution is 5.98. The Kier molecular flexibility index (Phi) is 6.00. The Bertz CT molecular complexity index is 1130. The Hall–Kier alpha value is -3.03. The highest BCUT2D eigenvalue weighted by Gasteiger charge is 2.33. The van der Waals surface area contributed by atoms with Crippen LogP contribution in [0.5, 0.6) is 0 Å². The van der Waals surface area contributed by atoms with Gasteiger partial charge in [-0.05, 0) is 55.4 Å². The zero-order valence-corrected chi connectivity index (χ0v) is 19.1. The topological polar surface area (TPSA) is 84.2 Å². The van der Waals surface area contributed by atoms with Crippen molar-refractivity contribution in [1.82, 2.24) is 20.4 Å². The minimum absolute atomic E-state index is 0.0951. The number of aromatic nitrogens is 3. The first-order chi connectivity index (χ1) is 16.0. The van der Waals surface area contributed by atoms with Crippen LogP contribution in [0, 0.1) is 23.6 Å². The zero-order valence-electron chi connectivity index (χ0n) is 19.1. The normalized spacial score (nSPS) is 25.8. The van der Waals surface area contributed by atoms with Crippen molar-refractivity contribution in [3.8, 4) is 11.3 Å². The van der Waals surface area contributed by atoms with Crippen LogP contribution in [0.15, 0.2) is 35.1 Å². The predicted molar refractivity (Wildman–Crippen MR) is 124 cm³/mol. The lowest BCUT2D eigenvalue weighted by atomic mass is 9.78. The van der Waals surface area contributed by atoms with Gasteiger partial charge in [-0.3, -0.25) is 4.79 Å². The minimum Gasteiger partial charge on any atom is -0.355 e. The quantitative estimate of drug-likeness (QED) is 0.625. The van der Waals surface area contributed by atoms with Crippen molar-refractivity contribution in [3.05, 3.63) is 36.4 Å². The Morgan fingerprint density at radius 1 is 1.12 bits per heavy atom. The molecule has 0 bridgehead atoms. The summed E-state index contributed by atoms with van der Waals surface area (Å²) in [7, 11) is 0. The van der Waals surface area contributed by atoms with Crippen molar-refractivity contribution in [2.75, 3.05) is 18.0 Å². The van der Waals surface area contributed by atoms with E-state index in [1.807, 2.05) is 0 Å². The molecule has 7 nitrogen and oxygen atoms in total. The second-order valence-corrected chi connectivity index (χ2v) is 9.58. The van der Waals surface area contributed by atoms with E-state index >= 15 is 0 Å². The molecule has 1 saturated carbocycles. The maximum atomic E-state index is 13.4. The first-order valence-corrected chi connectivity index (χ1v) is 11.9. The van der Waals surface area contributed by atoms with E-state index < -0.39 is 0 Å². The molecule has 2 fully saturated rings. The van der Waals surface area contributed by atoms with Gasteiger partial charge in [0.2, 0.25) is 5.91 Å². The van der Waals surface area contributed by atoms with Crippen molar-refractivity contribution >= 4 is 22.8 Å². The summed E-state index contributed by atoms with van der Waals surface area (Å²) in [6, 6.07) is 6.39. The molecule has 1 aliphatic heterocycles. The van der Waals surface area contributed by atoms with E-state index in [0.29, 0.717) is 41.0 Å². The first-order valence-electron chi connectivity index (χ1n) is 11.9. The molecule has 3 heterocycles. The van der Waals surface area contributed by atoms with Crippen LogP contribution in [0.1, 0.15) is 46.0 Å². The number of carbonyl (C=O) groups excluding carboxylic acids is 1. The Balaban J connectivity index is 1.38. The summed E-state index contributed by atoms with van der Waals surface area (Å²) in [5.41, 5.74) is 1.70. The second kappa shape index (κ2) is 9.08. The molecule has 2 aromatic heterocycles. The van der Waals surface area contributed by atoms with Crippen LogP contribution in [0.3, 0.4) is 0 Å². The molecule has 1 aliphatic carbocycles. The number of rotatable bonds is 4. The Morgan fingerprint density at radius 3 is 2.76 bits per heavy atom. The van der Waals surface area contributed by atoms with Gasteiger partial charge in [-0.15, -0.1) is 0 Å². The minimum atomic E-state index is -0.311. The van der Waals surface area contributed by atoms with Crippen LogP contribution < -0.4 is 10.2 Å². The van der Waals surface area contributed by atoms with Crippen molar-refractivity contribution in [2.24, 2.45) is 17.8 Å². The number of nitrogens with zero attached hydrogens (tertiary/aromatic N) is 4. The largest absolute Gasteiger partial charge is 0.355 e. The zero-order chi connectivity index (χ0) is 22.9. The standard InChI is InChI=1S/C25H30FN5O2/c1-15-5-3-7-20(16(15)2)29-24(32)18-6-4-12-31(13-18)23-21-22(17-8-10-19(26)11-9-17)30-33-25(21)28-14-27-23/h8-11,14-16,18,20H,3-7,12-13H2,1-2H3,(H,29,32)/t15-,16-,18-,20+/m1/s1. The molecule has 8 heteroatoms. The summed E-state index contributed by atoms with van der Waals surface area (Å²) >= 11 is 0. The summed E-state index contributed by atoms with van der Waals surface area (Å²) in [5, 5.41) is 8.24. The van der Waals surface area contributed by atoms with Crippen LogP contribution in [-0.4, -0.2) is 40.2 Å². The summed E-state index contributed by atoms with van der Waals surface area (Å²) in [4.78, 5) is 24.1. The van der Waals surface area contributed by atoms with Crippen LogP contribution in [0.25, 0.3) is 22.4 Å². The van der Waals surface area contributed by atoms with E-state index in [4.69, 9.17) is 4.52 Å². The van der Waals surface area contributed by atoms with Gasteiger partial charge in [-0.1, -0.05) is 31.8 Å². The van der Waals surface area contributed by atoms with Crippen LogP contribution in [-0.2, 0) is 4.79 Å². The molecule has 33 heavy (non-hydrogen) atoms. The van der Waals surface area contributed by atoms with Gasteiger partial charge in [0.05, 0.1) is 5.92 Å². The van der Waals surface area contributed by atoms with Crippen LogP contribution >= 0.6 is 0 Å². The molecule has 1 N–H and O–H groups in total. The number of nitrogens with one attached hydrogen (secondary N) is 1. The highest BCUT2D eigenvalue weighted by Crippen LogP contribution is 2.35. The van der Waals surface area contributed by atoms with Crippen molar-refractivity contribution in [1.29, 1.82) is 0 Å². The third-order valence-corrected chi connectivity index (χ3v) is 7.50. The average molecular weight is 452 g/mol. The smallest absolute Gasteiger partial charge is 0.263 e. The lowest BCUT2D eigenvalue weighted by Crippen LogP contribution is -2.49. The van der Waals surface area contributed by atoms with Crippen LogP contribution in [0.4, 0.5) is 10.2 Å². The van der Waals surface area contributed by atoms with Gasteiger partial charge in [0, 0.05) is 24.7 Å². The summed E-state index contributed by atoms with van der Waals surface area (Å²) < 4.78 is 18.9. The third kappa shape index (κ3) is 4.30. The van der Waals surface area contributed by atoms with Gasteiger partial charge in [0.25, 0.3) is 5.71 Å².